The molecule has 3 heterocycles. The van der Waals surface area contributed by atoms with E-state index in [1.54, 1.807) is 23.7 Å². The van der Waals surface area contributed by atoms with E-state index in [9.17, 15) is 9.59 Å². The van der Waals surface area contributed by atoms with Gasteiger partial charge in [-0.15, -0.1) is 11.3 Å². The first-order chi connectivity index (χ1) is 13.0. The van der Waals surface area contributed by atoms with Crippen molar-refractivity contribution in [3.05, 3.63) is 44.5 Å². The number of aromatic nitrogens is 1. The summed E-state index contributed by atoms with van der Waals surface area (Å²) >= 11 is 7.47. The highest BCUT2D eigenvalue weighted by Gasteiger charge is 2.24. The number of benzene rings is 1. The molecule has 0 aliphatic carbocycles. The molecule has 27 heavy (non-hydrogen) atoms. The number of fused-ring (bicyclic) bond motifs is 3. The van der Waals surface area contributed by atoms with Gasteiger partial charge in [0, 0.05) is 34.7 Å². The molecule has 2 aromatic heterocycles. The molecule has 0 bridgehead atoms. The smallest absolute Gasteiger partial charge is 0.261 e. The lowest BCUT2D eigenvalue weighted by atomic mass is 10.1. The minimum Gasteiger partial charge on any atom is -0.350 e. The second-order valence-corrected chi connectivity index (χ2v) is 8.50. The fraction of sp³-hybridized carbons (Fsp3) is 0.400. The Morgan fingerprint density at radius 2 is 2.15 bits per heavy atom. The molecular formula is C20H22ClN3O2S. The lowest BCUT2D eigenvalue weighted by Crippen LogP contribution is -2.39. The Bertz CT molecular complexity index is 1090. The molecule has 142 valence electrons. The van der Waals surface area contributed by atoms with Crippen molar-refractivity contribution >= 4 is 49.8 Å². The average Bonchev–Trinajstić information content (AvgIpc) is 3.31. The normalized spacial score (nSPS) is 17.8. The van der Waals surface area contributed by atoms with Crippen molar-refractivity contribution in [3.63, 3.8) is 0 Å². The molecule has 1 aliphatic rings. The van der Waals surface area contributed by atoms with E-state index < -0.39 is 0 Å². The van der Waals surface area contributed by atoms with Gasteiger partial charge in [-0.3, -0.25) is 14.5 Å². The zero-order valence-electron chi connectivity index (χ0n) is 15.4. The molecule has 0 saturated carbocycles. The summed E-state index contributed by atoms with van der Waals surface area (Å²) in [6, 6.07) is 7.64. The number of hydrogen-bond acceptors (Lipinski definition) is 4. The quantitative estimate of drug-likeness (QED) is 0.723. The number of thiophene rings is 1. The SMILES string of the molecule is CCN1CCCC1CNC(=O)c1cc2c(=O)n(C)c3cc(Cl)ccc3c2s1. The summed E-state index contributed by atoms with van der Waals surface area (Å²) in [4.78, 5) is 28.4. The lowest BCUT2D eigenvalue weighted by molar-refractivity contribution is 0.0945. The number of rotatable bonds is 4. The Labute approximate surface area is 166 Å². The largest absolute Gasteiger partial charge is 0.350 e. The number of nitrogens with one attached hydrogen (secondary N) is 1. The van der Waals surface area contributed by atoms with Crippen molar-refractivity contribution < 1.29 is 4.79 Å². The van der Waals surface area contributed by atoms with Gasteiger partial charge in [0.2, 0.25) is 0 Å². The van der Waals surface area contributed by atoms with Gasteiger partial charge in [-0.25, -0.2) is 0 Å². The third-order valence-corrected chi connectivity index (χ3v) is 6.86. The maximum atomic E-state index is 12.7. The first kappa shape index (κ1) is 18.5. The van der Waals surface area contributed by atoms with E-state index in [4.69, 9.17) is 11.6 Å². The Morgan fingerprint density at radius 3 is 2.93 bits per heavy atom. The molecule has 1 aliphatic heterocycles. The van der Waals surface area contributed by atoms with Crippen LogP contribution in [0.2, 0.25) is 5.02 Å². The summed E-state index contributed by atoms with van der Waals surface area (Å²) in [6.45, 7) is 4.91. The molecule has 0 spiro atoms. The number of hydrogen-bond donors (Lipinski definition) is 1. The molecule has 5 nitrogen and oxygen atoms in total. The van der Waals surface area contributed by atoms with E-state index in [0.717, 1.165) is 35.1 Å². The highest BCUT2D eigenvalue weighted by Crippen LogP contribution is 2.31. The Morgan fingerprint density at radius 1 is 1.33 bits per heavy atom. The van der Waals surface area contributed by atoms with Crippen LogP contribution in [0.3, 0.4) is 0 Å². The number of likely N-dealkylation sites (tertiary alicyclic amines) is 1. The molecule has 7 heteroatoms. The van der Waals surface area contributed by atoms with Gasteiger partial charge < -0.3 is 9.88 Å². The zero-order chi connectivity index (χ0) is 19.1. The Kier molecular flexibility index (Phi) is 4.97. The summed E-state index contributed by atoms with van der Waals surface area (Å²) in [5, 5.41) is 5.16. The number of aryl methyl sites for hydroxylation is 1. The number of carbonyl (C=O) groups is 1. The van der Waals surface area contributed by atoms with Crippen LogP contribution in [0.5, 0.6) is 0 Å². The summed E-state index contributed by atoms with van der Waals surface area (Å²) < 4.78 is 2.43. The van der Waals surface area contributed by atoms with Crippen LogP contribution in [0.4, 0.5) is 0 Å². The van der Waals surface area contributed by atoms with Crippen molar-refractivity contribution in [2.75, 3.05) is 19.6 Å². The van der Waals surface area contributed by atoms with E-state index in [-0.39, 0.29) is 11.5 Å². The first-order valence-electron chi connectivity index (χ1n) is 9.23. The van der Waals surface area contributed by atoms with Crippen molar-refractivity contribution in [2.45, 2.75) is 25.8 Å². The second kappa shape index (κ2) is 7.26. The van der Waals surface area contributed by atoms with E-state index in [1.807, 2.05) is 12.1 Å². The van der Waals surface area contributed by atoms with Crippen LogP contribution >= 0.6 is 22.9 Å². The van der Waals surface area contributed by atoms with Crippen LogP contribution in [-0.2, 0) is 7.05 Å². The fourth-order valence-electron chi connectivity index (χ4n) is 3.97. The summed E-state index contributed by atoms with van der Waals surface area (Å²) in [5.74, 6) is -0.108. The molecule has 4 rings (SSSR count). The highest BCUT2D eigenvalue weighted by atomic mass is 35.5. The fourth-order valence-corrected chi connectivity index (χ4v) is 5.23. The van der Waals surface area contributed by atoms with Crippen molar-refractivity contribution in [2.24, 2.45) is 7.05 Å². The number of carbonyl (C=O) groups excluding carboxylic acids is 1. The van der Waals surface area contributed by atoms with Crippen LogP contribution in [0.1, 0.15) is 29.4 Å². The minimum absolute atomic E-state index is 0.108. The molecule has 1 amide bonds. The van der Waals surface area contributed by atoms with Crippen LogP contribution in [-0.4, -0.2) is 41.1 Å². The maximum Gasteiger partial charge on any atom is 0.261 e. The lowest BCUT2D eigenvalue weighted by Gasteiger charge is -2.22. The molecule has 1 N–H and O–H groups in total. The molecular weight excluding hydrogens is 382 g/mol. The number of halogens is 1. The third-order valence-electron chi connectivity index (χ3n) is 5.46. The van der Waals surface area contributed by atoms with E-state index in [0.29, 0.717) is 27.9 Å². The first-order valence-corrected chi connectivity index (χ1v) is 10.4. The number of pyridine rings is 1. The maximum absolute atomic E-state index is 12.7. The van der Waals surface area contributed by atoms with Gasteiger partial charge in [0.1, 0.15) is 0 Å². The molecule has 3 aromatic rings. The molecule has 1 atom stereocenters. The summed E-state index contributed by atoms with van der Waals surface area (Å²) in [6.07, 6.45) is 2.30. The zero-order valence-corrected chi connectivity index (χ0v) is 17.0. The molecule has 0 radical (unpaired) electrons. The molecule has 1 saturated heterocycles. The third kappa shape index (κ3) is 3.26. The monoisotopic (exact) mass is 403 g/mol. The second-order valence-electron chi connectivity index (χ2n) is 7.01. The van der Waals surface area contributed by atoms with Gasteiger partial charge in [-0.2, -0.15) is 0 Å². The molecule has 1 unspecified atom stereocenters. The summed E-state index contributed by atoms with van der Waals surface area (Å²) in [7, 11) is 1.73. The number of nitrogens with zero attached hydrogens (tertiary/aromatic N) is 2. The summed E-state index contributed by atoms with van der Waals surface area (Å²) in [5.41, 5.74) is 0.668. The van der Waals surface area contributed by atoms with Crippen molar-refractivity contribution in [3.8, 4) is 0 Å². The van der Waals surface area contributed by atoms with Crippen molar-refractivity contribution in [1.82, 2.24) is 14.8 Å². The van der Waals surface area contributed by atoms with Gasteiger partial charge in [-0.1, -0.05) is 18.5 Å². The predicted molar refractivity (Wildman–Crippen MR) is 112 cm³/mol. The average molecular weight is 404 g/mol. The van der Waals surface area contributed by atoms with Crippen LogP contribution in [0.15, 0.2) is 29.1 Å². The topological polar surface area (TPSA) is 54.3 Å². The predicted octanol–water partition coefficient (Wildman–Crippen LogP) is 3.62. The highest BCUT2D eigenvalue weighted by molar-refractivity contribution is 7.21. The molecule has 1 fully saturated rings. The van der Waals surface area contributed by atoms with Gasteiger partial charge in [-0.05, 0) is 50.2 Å². The molecule has 1 aromatic carbocycles. The van der Waals surface area contributed by atoms with Gasteiger partial charge in [0.05, 0.1) is 15.8 Å². The standard InChI is InChI=1S/C20H22ClN3O2S/c1-3-24-8-4-5-13(24)11-22-19(25)17-10-15-18(27-17)14-7-6-12(21)9-16(14)23(2)20(15)26/h6-7,9-10,13H,3-5,8,11H2,1-2H3,(H,22,25). The van der Waals surface area contributed by atoms with Crippen LogP contribution in [0, 0.1) is 0 Å². The van der Waals surface area contributed by atoms with Crippen LogP contribution in [0.25, 0.3) is 21.0 Å². The number of amides is 1. The van der Waals surface area contributed by atoms with Crippen molar-refractivity contribution in [1.29, 1.82) is 0 Å². The number of likely N-dealkylation sites (N-methyl/N-ethyl adjacent to an activating group) is 1. The van der Waals surface area contributed by atoms with Gasteiger partial charge >= 0.3 is 0 Å². The minimum atomic E-state index is -0.108. The van der Waals surface area contributed by atoms with Gasteiger partial charge in [0.25, 0.3) is 11.5 Å². The Balaban J connectivity index is 1.67. The van der Waals surface area contributed by atoms with E-state index in [1.165, 1.54) is 17.8 Å². The van der Waals surface area contributed by atoms with E-state index >= 15 is 0 Å². The Hall–Kier alpha value is -1.89. The van der Waals surface area contributed by atoms with Crippen LogP contribution < -0.4 is 10.9 Å². The van der Waals surface area contributed by atoms with Gasteiger partial charge in [0.15, 0.2) is 0 Å². The van der Waals surface area contributed by atoms with E-state index in [2.05, 4.69) is 17.1 Å².